The van der Waals surface area contributed by atoms with Crippen molar-refractivity contribution in [3.05, 3.63) is 0 Å². The molecular formula is C10H22F3NO5S2Si. The number of nitrogens with one attached hydrogen (secondary N) is 1. The third-order valence-corrected chi connectivity index (χ3v) is 10.6. The van der Waals surface area contributed by atoms with Crippen molar-refractivity contribution in [3.8, 4) is 0 Å². The Balaban J connectivity index is 4.72. The van der Waals surface area contributed by atoms with Crippen molar-refractivity contribution in [1.29, 1.82) is 0 Å². The number of hydrogen-bond acceptors (Lipinski definition) is 5. The Bertz CT molecular complexity index is 560. The second-order valence-corrected chi connectivity index (χ2v) is 13.6. The predicted octanol–water partition coefficient (Wildman–Crippen LogP) is 2.17. The summed E-state index contributed by atoms with van der Waals surface area (Å²) >= 11 is 0. The summed E-state index contributed by atoms with van der Waals surface area (Å²) in [6.07, 6.45) is 1.25. The van der Waals surface area contributed by atoms with Crippen LogP contribution in [-0.2, 0) is 24.5 Å². The number of rotatable bonds is 9. The third kappa shape index (κ3) is 6.52. The second kappa shape index (κ2) is 7.60. The maximum absolute atomic E-state index is 12.1. The minimum atomic E-state index is -5.90. The average Bonchev–Trinajstić information content (AvgIpc) is 2.31. The Morgan fingerprint density at radius 2 is 1.68 bits per heavy atom. The molecule has 0 radical (unpaired) electrons. The Labute approximate surface area is 130 Å². The van der Waals surface area contributed by atoms with Crippen molar-refractivity contribution >= 4 is 28.4 Å². The molecule has 12 heteroatoms. The summed E-state index contributed by atoms with van der Waals surface area (Å²) in [4.78, 5) is 0. The van der Waals surface area contributed by atoms with Gasteiger partial charge >= 0.3 is 15.5 Å². The zero-order valence-corrected chi connectivity index (χ0v) is 15.5. The molecule has 0 heterocycles. The summed E-state index contributed by atoms with van der Waals surface area (Å²) in [7, 11) is -10.9. The molecule has 0 amide bonds. The van der Waals surface area contributed by atoms with E-state index in [9.17, 15) is 30.0 Å². The van der Waals surface area contributed by atoms with Crippen molar-refractivity contribution in [2.24, 2.45) is 0 Å². The lowest BCUT2D eigenvalue weighted by Crippen LogP contribution is -2.41. The maximum atomic E-state index is 12.1. The van der Waals surface area contributed by atoms with Gasteiger partial charge in [-0.25, -0.2) is 16.8 Å². The largest absolute Gasteiger partial charge is 0.512 e. The van der Waals surface area contributed by atoms with Gasteiger partial charge in [-0.3, -0.25) is 0 Å². The fourth-order valence-corrected chi connectivity index (χ4v) is 6.80. The van der Waals surface area contributed by atoms with Crippen LogP contribution < -0.4 is 4.13 Å². The van der Waals surface area contributed by atoms with Gasteiger partial charge in [0.05, 0.1) is 5.75 Å². The van der Waals surface area contributed by atoms with Gasteiger partial charge in [0.25, 0.3) is 0 Å². The summed E-state index contributed by atoms with van der Waals surface area (Å²) < 4.78 is 87.1. The predicted molar refractivity (Wildman–Crippen MR) is 79.7 cm³/mol. The molecule has 0 aromatic rings. The molecule has 22 heavy (non-hydrogen) atoms. The second-order valence-electron chi connectivity index (χ2n) is 5.41. The smallest absolute Gasteiger partial charge is 0.420 e. The van der Waals surface area contributed by atoms with Gasteiger partial charge in [-0.05, 0) is 31.5 Å². The molecule has 0 aromatic heterocycles. The summed E-state index contributed by atoms with van der Waals surface area (Å²) in [5.41, 5.74) is -5.52. The molecule has 0 bridgehead atoms. The van der Waals surface area contributed by atoms with E-state index in [1.165, 1.54) is 0 Å². The molecule has 0 saturated heterocycles. The van der Waals surface area contributed by atoms with Crippen LogP contribution in [0.2, 0.25) is 18.6 Å². The van der Waals surface area contributed by atoms with Crippen LogP contribution in [0.25, 0.3) is 0 Å². The van der Waals surface area contributed by atoms with Gasteiger partial charge in [0.2, 0.25) is 10.0 Å². The molecule has 0 aliphatic heterocycles. The van der Waals surface area contributed by atoms with E-state index in [1.54, 1.807) is 7.11 Å². The first-order valence-corrected chi connectivity index (χ1v) is 12.7. The van der Waals surface area contributed by atoms with Crippen LogP contribution in [0.15, 0.2) is 0 Å². The highest BCUT2D eigenvalue weighted by molar-refractivity contribution is 8.05. The molecule has 1 atom stereocenters. The Morgan fingerprint density at radius 1 is 1.18 bits per heavy atom. The number of alkyl halides is 3. The summed E-state index contributed by atoms with van der Waals surface area (Å²) in [6, 6.07) is 0. The minimum Gasteiger partial charge on any atom is -0.420 e. The monoisotopic (exact) mass is 385 g/mol. The lowest BCUT2D eigenvalue weighted by Gasteiger charge is -2.29. The Kier molecular flexibility index (Phi) is 7.54. The fourth-order valence-electron chi connectivity index (χ4n) is 1.99. The van der Waals surface area contributed by atoms with E-state index in [4.69, 9.17) is 4.43 Å². The summed E-state index contributed by atoms with van der Waals surface area (Å²) in [5, 5.41) is 0. The van der Waals surface area contributed by atoms with E-state index >= 15 is 0 Å². The molecule has 0 rings (SSSR count). The summed E-state index contributed by atoms with van der Waals surface area (Å²) in [5.74, 6) is -0.687. The number of sulfonamides is 2. The summed E-state index contributed by atoms with van der Waals surface area (Å²) in [6.45, 7) is 5.84. The molecule has 0 spiro atoms. The van der Waals surface area contributed by atoms with Crippen molar-refractivity contribution in [1.82, 2.24) is 4.13 Å². The van der Waals surface area contributed by atoms with E-state index in [1.807, 2.05) is 20.0 Å². The SMILES string of the molecule is CCC(CCCS(=O)(=O)NS(=O)(=O)C(F)(F)F)[Si](C)(C)OC. The first kappa shape index (κ1) is 21.8. The molecule has 0 fully saturated rings. The van der Waals surface area contributed by atoms with Gasteiger partial charge < -0.3 is 4.43 Å². The van der Waals surface area contributed by atoms with Gasteiger partial charge in [-0.2, -0.15) is 13.2 Å². The fraction of sp³-hybridized carbons (Fsp3) is 1.00. The quantitative estimate of drug-likeness (QED) is 0.615. The van der Waals surface area contributed by atoms with Crippen LogP contribution in [0, 0.1) is 0 Å². The van der Waals surface area contributed by atoms with E-state index in [-0.39, 0.29) is 12.0 Å². The molecule has 1 N–H and O–H groups in total. The van der Waals surface area contributed by atoms with Gasteiger partial charge in [0.15, 0.2) is 8.32 Å². The molecule has 0 aliphatic carbocycles. The molecule has 134 valence electrons. The molecule has 6 nitrogen and oxygen atoms in total. The van der Waals surface area contributed by atoms with Crippen molar-refractivity contribution in [2.75, 3.05) is 12.9 Å². The van der Waals surface area contributed by atoms with E-state index in [0.29, 0.717) is 10.5 Å². The Morgan fingerprint density at radius 3 is 2.05 bits per heavy atom. The van der Waals surface area contributed by atoms with Gasteiger partial charge in [0, 0.05) is 7.11 Å². The first-order valence-electron chi connectivity index (χ1n) is 6.56. The van der Waals surface area contributed by atoms with Crippen molar-refractivity contribution in [3.63, 3.8) is 0 Å². The highest BCUT2D eigenvalue weighted by atomic mass is 32.3. The Hall–Kier alpha value is -0.173. The van der Waals surface area contributed by atoms with Gasteiger partial charge in [0.1, 0.15) is 0 Å². The standard InChI is InChI=1S/C10H22F3NO5S2Si/c1-5-9(22(3,4)19-2)7-6-8-20(15,16)14-21(17,18)10(11,12)13/h9,14H,5-8H2,1-4H3. The molecule has 0 aromatic carbocycles. The van der Waals surface area contributed by atoms with Crippen molar-refractivity contribution < 1.29 is 34.4 Å². The number of hydrogen-bond donors (Lipinski definition) is 1. The highest BCUT2D eigenvalue weighted by Crippen LogP contribution is 2.30. The van der Waals surface area contributed by atoms with E-state index in [0.717, 1.165) is 6.42 Å². The molecule has 1 unspecified atom stereocenters. The molecular weight excluding hydrogens is 363 g/mol. The van der Waals surface area contributed by atoms with Gasteiger partial charge in [-0.15, -0.1) is 4.13 Å². The van der Waals surface area contributed by atoms with Crippen LogP contribution in [0.5, 0.6) is 0 Å². The lowest BCUT2D eigenvalue weighted by atomic mass is 10.2. The van der Waals surface area contributed by atoms with E-state index in [2.05, 4.69) is 0 Å². The normalized spacial score (nSPS) is 15.8. The maximum Gasteiger partial charge on any atom is 0.512 e. The average molecular weight is 386 g/mol. The molecule has 0 aliphatic rings. The van der Waals surface area contributed by atoms with Crippen LogP contribution >= 0.6 is 0 Å². The highest BCUT2D eigenvalue weighted by Gasteiger charge is 2.48. The van der Waals surface area contributed by atoms with Crippen LogP contribution in [0.1, 0.15) is 26.2 Å². The minimum absolute atomic E-state index is 0.0566. The van der Waals surface area contributed by atoms with Crippen LogP contribution in [0.3, 0.4) is 0 Å². The van der Waals surface area contributed by atoms with Crippen LogP contribution in [0.4, 0.5) is 13.2 Å². The zero-order chi connectivity index (χ0) is 17.8. The number of halogens is 3. The van der Waals surface area contributed by atoms with E-state index < -0.39 is 39.6 Å². The topological polar surface area (TPSA) is 89.5 Å². The van der Waals surface area contributed by atoms with Gasteiger partial charge in [-0.1, -0.05) is 13.3 Å². The van der Waals surface area contributed by atoms with Crippen molar-refractivity contribution in [2.45, 2.75) is 50.3 Å². The first-order chi connectivity index (χ1) is 9.68. The zero-order valence-electron chi connectivity index (χ0n) is 12.9. The molecule has 0 saturated carbocycles. The van der Waals surface area contributed by atoms with Crippen LogP contribution in [-0.4, -0.2) is 43.5 Å². The third-order valence-electron chi connectivity index (χ3n) is 3.51. The lowest BCUT2D eigenvalue weighted by molar-refractivity contribution is -0.0441.